The molecule has 0 aliphatic heterocycles. The highest BCUT2D eigenvalue weighted by Gasteiger charge is 2.21. The number of carbonyl (C=O) groups excluding carboxylic acids is 3. The normalized spacial score (nSPS) is 12.5. The highest BCUT2D eigenvalue weighted by molar-refractivity contribution is 5.82. The van der Waals surface area contributed by atoms with Gasteiger partial charge in [-0.15, -0.1) is 0 Å². The second-order valence-corrected chi connectivity index (χ2v) is 4.88. The third kappa shape index (κ3) is 7.32. The Morgan fingerprint density at radius 2 is 1.88 bits per heavy atom. The van der Waals surface area contributed by atoms with Gasteiger partial charge in [0.25, 0.3) is 0 Å². The van der Waals surface area contributed by atoms with E-state index in [1.165, 1.54) is 4.90 Å². The molecule has 0 unspecified atom stereocenters. The van der Waals surface area contributed by atoms with E-state index in [1.807, 2.05) is 0 Å². The molecule has 0 aromatic rings. The summed E-state index contributed by atoms with van der Waals surface area (Å²) in [6, 6.07) is -0.861. The molecule has 17 heavy (non-hydrogen) atoms. The third-order valence-corrected chi connectivity index (χ3v) is 1.76. The van der Waals surface area contributed by atoms with E-state index in [9.17, 15) is 14.4 Å². The van der Waals surface area contributed by atoms with Gasteiger partial charge >= 0.3 is 6.09 Å². The molecule has 0 rings (SSSR count). The van der Waals surface area contributed by atoms with Gasteiger partial charge in [0.15, 0.2) is 0 Å². The van der Waals surface area contributed by atoms with Gasteiger partial charge in [-0.05, 0) is 20.8 Å². The van der Waals surface area contributed by atoms with Crippen LogP contribution in [-0.4, -0.2) is 48.9 Å². The molecule has 6 heteroatoms. The molecular formula is C11H20N2O4. The molecule has 0 spiro atoms. The van der Waals surface area contributed by atoms with Crippen LogP contribution < -0.4 is 5.32 Å². The van der Waals surface area contributed by atoms with E-state index in [1.54, 1.807) is 34.9 Å². The number of hydrogen-bond donors (Lipinski definition) is 1. The standard InChI is InChI=1S/C11H20N2O4/c1-11(2,3)17-10(16)12-8(7-14)6-9(15)13(4)5/h7-8H,6H2,1-5H3,(H,12,16)/t8-/m0/s1. The molecule has 2 amide bonds. The number of amides is 2. The number of aldehydes is 1. The SMILES string of the molecule is CN(C)C(=O)C[C@@H](C=O)NC(=O)OC(C)(C)C. The lowest BCUT2D eigenvalue weighted by molar-refractivity contribution is -0.130. The van der Waals surface area contributed by atoms with Gasteiger partial charge in [0.1, 0.15) is 11.9 Å². The fraction of sp³-hybridized carbons (Fsp3) is 0.727. The zero-order valence-electron chi connectivity index (χ0n) is 10.9. The molecule has 0 saturated heterocycles. The maximum Gasteiger partial charge on any atom is 0.408 e. The number of hydrogen-bond acceptors (Lipinski definition) is 4. The van der Waals surface area contributed by atoms with Crippen molar-refractivity contribution in [2.24, 2.45) is 0 Å². The van der Waals surface area contributed by atoms with E-state index >= 15 is 0 Å². The minimum atomic E-state index is -0.861. The lowest BCUT2D eigenvalue weighted by Gasteiger charge is -2.21. The van der Waals surface area contributed by atoms with E-state index in [0.717, 1.165) is 0 Å². The van der Waals surface area contributed by atoms with Crippen molar-refractivity contribution in [2.45, 2.75) is 38.8 Å². The summed E-state index contributed by atoms with van der Waals surface area (Å²) in [4.78, 5) is 34.8. The van der Waals surface area contributed by atoms with Crippen LogP contribution in [0.25, 0.3) is 0 Å². The molecule has 0 aromatic heterocycles. The summed E-state index contributed by atoms with van der Waals surface area (Å²) >= 11 is 0. The number of carbonyl (C=O) groups is 3. The number of nitrogens with zero attached hydrogens (tertiary/aromatic N) is 1. The van der Waals surface area contributed by atoms with Crippen LogP contribution in [-0.2, 0) is 14.3 Å². The topological polar surface area (TPSA) is 75.7 Å². The van der Waals surface area contributed by atoms with Crippen LogP contribution in [0.4, 0.5) is 4.79 Å². The molecule has 1 N–H and O–H groups in total. The largest absolute Gasteiger partial charge is 0.444 e. The first kappa shape index (κ1) is 15.4. The first-order valence-corrected chi connectivity index (χ1v) is 5.30. The Morgan fingerprint density at radius 3 is 2.24 bits per heavy atom. The minimum absolute atomic E-state index is 0.0737. The molecule has 0 heterocycles. The highest BCUT2D eigenvalue weighted by atomic mass is 16.6. The Labute approximate surface area is 101 Å². The van der Waals surface area contributed by atoms with Crippen molar-refractivity contribution in [3.63, 3.8) is 0 Å². The van der Waals surface area contributed by atoms with Gasteiger partial charge in [-0.1, -0.05) is 0 Å². The van der Waals surface area contributed by atoms with E-state index in [4.69, 9.17) is 4.74 Å². The summed E-state index contributed by atoms with van der Waals surface area (Å²) < 4.78 is 4.98. The molecule has 0 aliphatic rings. The zero-order chi connectivity index (χ0) is 13.6. The molecule has 0 bridgehead atoms. The second-order valence-electron chi connectivity index (χ2n) is 4.88. The number of ether oxygens (including phenoxy) is 1. The predicted molar refractivity (Wildman–Crippen MR) is 62.5 cm³/mol. The van der Waals surface area contributed by atoms with Crippen molar-refractivity contribution >= 4 is 18.3 Å². The maximum atomic E-state index is 11.4. The van der Waals surface area contributed by atoms with Crippen molar-refractivity contribution in [3.05, 3.63) is 0 Å². The Kier molecular flexibility index (Phi) is 5.64. The van der Waals surface area contributed by atoms with Crippen LogP contribution in [0.1, 0.15) is 27.2 Å². The van der Waals surface area contributed by atoms with Crippen molar-refractivity contribution < 1.29 is 19.1 Å². The van der Waals surface area contributed by atoms with Crippen LogP contribution in [0.3, 0.4) is 0 Å². The average Bonchev–Trinajstić information content (AvgIpc) is 2.13. The number of rotatable bonds is 4. The molecule has 1 atom stereocenters. The van der Waals surface area contributed by atoms with Crippen molar-refractivity contribution in [1.29, 1.82) is 0 Å². The van der Waals surface area contributed by atoms with E-state index in [-0.39, 0.29) is 12.3 Å². The molecule has 0 fully saturated rings. The summed E-state index contributed by atoms with van der Waals surface area (Å²) in [7, 11) is 3.16. The molecule has 0 radical (unpaired) electrons. The first-order valence-electron chi connectivity index (χ1n) is 5.30. The number of nitrogens with one attached hydrogen (secondary N) is 1. The summed E-state index contributed by atoms with van der Waals surface area (Å²) in [5.74, 6) is -0.238. The third-order valence-electron chi connectivity index (χ3n) is 1.76. The van der Waals surface area contributed by atoms with Crippen LogP contribution >= 0.6 is 0 Å². The molecule has 0 aliphatic carbocycles. The summed E-state index contributed by atoms with van der Waals surface area (Å²) in [5.41, 5.74) is -0.636. The smallest absolute Gasteiger partial charge is 0.408 e. The summed E-state index contributed by atoms with van der Waals surface area (Å²) in [6.07, 6.45) is -0.262. The summed E-state index contributed by atoms with van der Waals surface area (Å²) in [6.45, 7) is 5.15. The average molecular weight is 244 g/mol. The minimum Gasteiger partial charge on any atom is -0.444 e. The first-order chi connectivity index (χ1) is 7.65. The fourth-order valence-electron chi connectivity index (χ4n) is 0.963. The molecule has 0 aromatic carbocycles. The second kappa shape index (κ2) is 6.22. The van der Waals surface area contributed by atoms with E-state index < -0.39 is 17.7 Å². The molecule has 98 valence electrons. The van der Waals surface area contributed by atoms with Gasteiger partial charge in [-0.2, -0.15) is 0 Å². The molecule has 6 nitrogen and oxygen atoms in total. The predicted octanol–water partition coefficient (Wildman–Crippen LogP) is 0.557. The van der Waals surface area contributed by atoms with Gasteiger partial charge in [0, 0.05) is 14.1 Å². The van der Waals surface area contributed by atoms with Crippen LogP contribution in [0, 0.1) is 0 Å². The van der Waals surface area contributed by atoms with Crippen LogP contribution in [0.5, 0.6) is 0 Å². The van der Waals surface area contributed by atoms with Gasteiger partial charge in [0.05, 0.1) is 12.5 Å². The zero-order valence-corrected chi connectivity index (χ0v) is 10.9. The monoisotopic (exact) mass is 244 g/mol. The van der Waals surface area contributed by atoms with Crippen molar-refractivity contribution in [2.75, 3.05) is 14.1 Å². The maximum absolute atomic E-state index is 11.4. The van der Waals surface area contributed by atoms with E-state index in [2.05, 4.69) is 5.32 Å². The van der Waals surface area contributed by atoms with Gasteiger partial charge < -0.3 is 19.7 Å². The Balaban J connectivity index is 4.27. The fourth-order valence-corrected chi connectivity index (χ4v) is 0.963. The molecular weight excluding hydrogens is 224 g/mol. The van der Waals surface area contributed by atoms with Crippen LogP contribution in [0.2, 0.25) is 0 Å². The van der Waals surface area contributed by atoms with Crippen molar-refractivity contribution in [1.82, 2.24) is 10.2 Å². The number of alkyl carbamates (subject to hydrolysis) is 1. The van der Waals surface area contributed by atoms with Gasteiger partial charge in [-0.25, -0.2) is 4.79 Å². The lowest BCUT2D eigenvalue weighted by Crippen LogP contribution is -2.42. The van der Waals surface area contributed by atoms with Crippen molar-refractivity contribution in [3.8, 4) is 0 Å². The Bertz CT molecular complexity index is 294. The Morgan fingerprint density at radius 1 is 1.35 bits per heavy atom. The Hall–Kier alpha value is -1.59. The molecule has 0 saturated carbocycles. The van der Waals surface area contributed by atoms with Gasteiger partial charge in [0.2, 0.25) is 5.91 Å². The quantitative estimate of drug-likeness (QED) is 0.733. The summed E-state index contributed by atoms with van der Waals surface area (Å²) in [5, 5.41) is 2.33. The van der Waals surface area contributed by atoms with Gasteiger partial charge in [-0.3, -0.25) is 4.79 Å². The lowest BCUT2D eigenvalue weighted by atomic mass is 10.2. The van der Waals surface area contributed by atoms with E-state index in [0.29, 0.717) is 6.29 Å². The highest BCUT2D eigenvalue weighted by Crippen LogP contribution is 2.07. The van der Waals surface area contributed by atoms with Crippen LogP contribution in [0.15, 0.2) is 0 Å².